The van der Waals surface area contributed by atoms with Gasteiger partial charge in [0, 0.05) is 12.2 Å². The minimum absolute atomic E-state index is 0.0332. The van der Waals surface area contributed by atoms with Crippen LogP contribution in [0.5, 0.6) is 0 Å². The number of aryl methyl sites for hydroxylation is 2. The van der Waals surface area contributed by atoms with Crippen molar-refractivity contribution in [1.29, 1.82) is 0 Å². The molecule has 1 heterocycles. The molecule has 0 aliphatic carbocycles. The number of anilines is 1. The Hall–Kier alpha value is -2.38. The second-order valence-corrected chi connectivity index (χ2v) is 8.07. The maximum Gasteiger partial charge on any atom is 0.414 e. The van der Waals surface area contributed by atoms with Crippen molar-refractivity contribution in [3.05, 3.63) is 59.7 Å². The molecule has 1 aliphatic heterocycles. The summed E-state index contributed by atoms with van der Waals surface area (Å²) in [4.78, 5) is 13.8. The van der Waals surface area contributed by atoms with Gasteiger partial charge in [-0.3, -0.25) is 4.90 Å². The summed E-state index contributed by atoms with van der Waals surface area (Å²) < 4.78 is 32.5. The molecule has 1 amide bonds. The fourth-order valence-electron chi connectivity index (χ4n) is 2.75. The number of nitrogens with one attached hydrogen (secondary N) is 1. The third-order valence-electron chi connectivity index (χ3n) is 4.36. The Balaban J connectivity index is 1.62. The lowest BCUT2D eigenvalue weighted by atomic mass is 10.1. The molecule has 1 saturated heterocycles. The van der Waals surface area contributed by atoms with Crippen LogP contribution in [-0.2, 0) is 21.2 Å². The van der Waals surface area contributed by atoms with Crippen LogP contribution in [0.25, 0.3) is 0 Å². The Morgan fingerprint density at radius 2 is 1.77 bits per heavy atom. The number of hydrogen-bond acceptors (Lipinski definition) is 4. The number of ether oxygens (including phenoxy) is 1. The van der Waals surface area contributed by atoms with Crippen molar-refractivity contribution in [2.45, 2.75) is 31.3 Å². The van der Waals surface area contributed by atoms with Gasteiger partial charge in [0.25, 0.3) is 0 Å². The minimum atomic E-state index is -3.63. The van der Waals surface area contributed by atoms with Gasteiger partial charge in [-0.2, -0.15) is 0 Å². The number of sulfonamides is 1. The first-order valence-corrected chi connectivity index (χ1v) is 10.0. The normalized spacial score (nSPS) is 17.4. The second kappa shape index (κ2) is 7.47. The van der Waals surface area contributed by atoms with Crippen LogP contribution in [-0.4, -0.2) is 33.7 Å². The average molecular weight is 374 g/mol. The monoisotopic (exact) mass is 374 g/mol. The molecular weight excluding hydrogens is 352 g/mol. The number of benzene rings is 2. The van der Waals surface area contributed by atoms with E-state index in [2.05, 4.69) is 11.6 Å². The number of amides is 1. The predicted octanol–water partition coefficient (Wildman–Crippen LogP) is 2.86. The Morgan fingerprint density at radius 3 is 2.38 bits per heavy atom. The van der Waals surface area contributed by atoms with Gasteiger partial charge in [0.05, 0.1) is 11.4 Å². The molecule has 2 aromatic rings. The summed E-state index contributed by atoms with van der Waals surface area (Å²) in [6.07, 6.45) is -0.0731. The molecule has 1 N–H and O–H groups in total. The number of hydrogen-bond donors (Lipinski definition) is 1. The number of rotatable bonds is 6. The van der Waals surface area contributed by atoms with E-state index in [-0.39, 0.29) is 11.4 Å². The molecule has 26 heavy (non-hydrogen) atoms. The Kier molecular flexibility index (Phi) is 5.29. The molecule has 1 atom stereocenters. The summed E-state index contributed by atoms with van der Waals surface area (Å²) in [6, 6.07) is 14.3. The molecule has 1 fully saturated rings. The van der Waals surface area contributed by atoms with Crippen LogP contribution >= 0.6 is 0 Å². The average Bonchev–Trinajstić information content (AvgIpc) is 3.01. The predicted molar refractivity (Wildman–Crippen MR) is 99.8 cm³/mol. The summed E-state index contributed by atoms with van der Waals surface area (Å²) in [6.45, 7) is 4.30. The van der Waals surface area contributed by atoms with Crippen LogP contribution in [0.4, 0.5) is 10.5 Å². The molecule has 1 unspecified atom stereocenters. The molecule has 2 aromatic carbocycles. The van der Waals surface area contributed by atoms with Crippen molar-refractivity contribution in [2.75, 3.05) is 18.0 Å². The van der Waals surface area contributed by atoms with E-state index in [1.54, 1.807) is 24.3 Å². The Morgan fingerprint density at radius 1 is 1.12 bits per heavy atom. The van der Waals surface area contributed by atoms with Crippen molar-refractivity contribution >= 4 is 21.8 Å². The van der Waals surface area contributed by atoms with Crippen LogP contribution in [0.3, 0.4) is 0 Å². The van der Waals surface area contributed by atoms with Crippen molar-refractivity contribution in [2.24, 2.45) is 0 Å². The number of carbonyl (C=O) groups excluding carboxylic acids is 1. The van der Waals surface area contributed by atoms with Gasteiger partial charge in [0.2, 0.25) is 10.0 Å². The van der Waals surface area contributed by atoms with Gasteiger partial charge in [0.15, 0.2) is 0 Å². The fourth-order valence-corrected chi connectivity index (χ4v) is 3.82. The number of carbonyl (C=O) groups is 1. The first-order chi connectivity index (χ1) is 12.4. The summed E-state index contributed by atoms with van der Waals surface area (Å²) >= 11 is 0. The zero-order valence-electron chi connectivity index (χ0n) is 14.8. The Bertz CT molecular complexity index is 877. The minimum Gasteiger partial charge on any atom is -0.443 e. The zero-order chi connectivity index (χ0) is 18.7. The molecule has 1 aliphatic rings. The molecule has 0 aromatic heterocycles. The largest absolute Gasteiger partial charge is 0.443 e. The van der Waals surface area contributed by atoms with Crippen molar-refractivity contribution in [3.8, 4) is 0 Å². The standard InChI is InChI=1S/C19H22N2O4S/c1-3-15-6-8-16(9-7-15)21-13-17(25-19(21)22)12-20-26(23,24)18-10-4-14(2)5-11-18/h4-11,17,20H,3,12-13H2,1-2H3. The van der Waals surface area contributed by atoms with Crippen LogP contribution in [0.2, 0.25) is 0 Å². The maximum absolute atomic E-state index is 12.3. The molecule has 0 radical (unpaired) electrons. The van der Waals surface area contributed by atoms with E-state index in [9.17, 15) is 13.2 Å². The summed E-state index contributed by atoms with van der Waals surface area (Å²) in [5.41, 5.74) is 2.92. The molecule has 0 bridgehead atoms. The van der Waals surface area contributed by atoms with Gasteiger partial charge in [-0.05, 0) is 43.2 Å². The third-order valence-corrected chi connectivity index (χ3v) is 5.80. The molecule has 3 rings (SSSR count). The highest BCUT2D eigenvalue weighted by atomic mass is 32.2. The molecule has 7 heteroatoms. The second-order valence-electron chi connectivity index (χ2n) is 6.30. The van der Waals surface area contributed by atoms with Gasteiger partial charge < -0.3 is 4.74 Å². The van der Waals surface area contributed by atoms with Gasteiger partial charge in [-0.25, -0.2) is 17.9 Å². The van der Waals surface area contributed by atoms with Gasteiger partial charge in [-0.1, -0.05) is 36.8 Å². The number of nitrogens with zero attached hydrogens (tertiary/aromatic N) is 1. The van der Waals surface area contributed by atoms with E-state index in [0.29, 0.717) is 6.54 Å². The molecule has 0 saturated carbocycles. The maximum atomic E-state index is 12.3. The Labute approximate surface area is 153 Å². The molecule has 0 spiro atoms. The first-order valence-electron chi connectivity index (χ1n) is 8.52. The zero-order valence-corrected chi connectivity index (χ0v) is 15.6. The van der Waals surface area contributed by atoms with Crippen molar-refractivity contribution in [3.63, 3.8) is 0 Å². The van der Waals surface area contributed by atoms with Crippen molar-refractivity contribution in [1.82, 2.24) is 4.72 Å². The first kappa shape index (κ1) is 18.4. The van der Waals surface area contributed by atoms with E-state index in [1.807, 2.05) is 31.2 Å². The van der Waals surface area contributed by atoms with E-state index in [0.717, 1.165) is 17.7 Å². The lowest BCUT2D eigenvalue weighted by Crippen LogP contribution is -2.34. The van der Waals surface area contributed by atoms with E-state index < -0.39 is 22.2 Å². The van der Waals surface area contributed by atoms with Crippen LogP contribution in [0.15, 0.2) is 53.4 Å². The SMILES string of the molecule is CCc1ccc(N2CC(CNS(=O)(=O)c3ccc(C)cc3)OC2=O)cc1. The fraction of sp³-hybridized carbons (Fsp3) is 0.316. The lowest BCUT2D eigenvalue weighted by Gasteiger charge is -2.13. The molecular formula is C19H22N2O4S. The number of cyclic esters (lactones) is 1. The summed E-state index contributed by atoms with van der Waals surface area (Å²) in [5, 5.41) is 0. The smallest absolute Gasteiger partial charge is 0.414 e. The summed E-state index contributed by atoms with van der Waals surface area (Å²) in [5.74, 6) is 0. The van der Waals surface area contributed by atoms with Gasteiger partial charge in [-0.15, -0.1) is 0 Å². The van der Waals surface area contributed by atoms with Crippen LogP contribution in [0.1, 0.15) is 18.1 Å². The van der Waals surface area contributed by atoms with E-state index in [4.69, 9.17) is 4.74 Å². The highest BCUT2D eigenvalue weighted by Gasteiger charge is 2.33. The van der Waals surface area contributed by atoms with E-state index in [1.165, 1.54) is 10.5 Å². The molecule has 6 nitrogen and oxygen atoms in total. The topological polar surface area (TPSA) is 75.7 Å². The quantitative estimate of drug-likeness (QED) is 0.844. The highest BCUT2D eigenvalue weighted by Crippen LogP contribution is 2.22. The van der Waals surface area contributed by atoms with E-state index >= 15 is 0 Å². The van der Waals surface area contributed by atoms with Crippen LogP contribution < -0.4 is 9.62 Å². The van der Waals surface area contributed by atoms with Crippen LogP contribution in [0, 0.1) is 6.92 Å². The van der Waals surface area contributed by atoms with Crippen molar-refractivity contribution < 1.29 is 17.9 Å². The lowest BCUT2D eigenvalue weighted by molar-refractivity contribution is 0.143. The third kappa shape index (κ3) is 4.05. The van der Waals surface area contributed by atoms with Gasteiger partial charge >= 0.3 is 6.09 Å². The van der Waals surface area contributed by atoms with Gasteiger partial charge in [0.1, 0.15) is 6.10 Å². The highest BCUT2D eigenvalue weighted by molar-refractivity contribution is 7.89. The molecule has 138 valence electrons. The summed E-state index contributed by atoms with van der Waals surface area (Å²) in [7, 11) is -3.63.